The molecule has 0 saturated heterocycles. The predicted molar refractivity (Wildman–Crippen MR) is 49.0 cm³/mol. The molecule has 2 nitrogen and oxygen atoms in total. The fourth-order valence-electron chi connectivity index (χ4n) is 1.89. The Labute approximate surface area is 93.2 Å². The van der Waals surface area contributed by atoms with Crippen molar-refractivity contribution in [1.82, 2.24) is 0 Å². The maximum absolute atomic E-state index is 13.3. The minimum atomic E-state index is -5.07. The summed E-state index contributed by atoms with van der Waals surface area (Å²) >= 11 is 0. The van der Waals surface area contributed by atoms with Gasteiger partial charge < -0.3 is 0 Å². The smallest absolute Gasteiger partial charge is 0.293 e. The first-order valence-corrected chi connectivity index (χ1v) is 4.75. The normalized spacial score (nSPS) is 19.3. The van der Waals surface area contributed by atoms with E-state index in [2.05, 4.69) is 0 Å². The standard InChI is InChI=1S/C11H6F4O2/c12-8-3-1-2-5-6(8)4-7(9(5)16)10(17)11(13,14)15/h1-3,7H,4H2. The number of rotatable bonds is 1. The summed E-state index contributed by atoms with van der Waals surface area (Å²) in [5.74, 6) is -5.66. The number of halogens is 4. The van der Waals surface area contributed by atoms with Crippen LogP contribution in [-0.2, 0) is 11.2 Å². The molecule has 1 aliphatic carbocycles. The number of hydrogen-bond acceptors (Lipinski definition) is 2. The Morgan fingerprint density at radius 2 is 1.94 bits per heavy atom. The third-order valence-corrected chi connectivity index (χ3v) is 2.70. The van der Waals surface area contributed by atoms with Crippen LogP contribution in [0.25, 0.3) is 0 Å². The molecule has 0 spiro atoms. The van der Waals surface area contributed by atoms with Crippen molar-refractivity contribution in [2.24, 2.45) is 5.92 Å². The van der Waals surface area contributed by atoms with Crippen LogP contribution in [0.4, 0.5) is 17.6 Å². The third-order valence-electron chi connectivity index (χ3n) is 2.70. The number of benzene rings is 1. The van der Waals surface area contributed by atoms with Gasteiger partial charge >= 0.3 is 6.18 Å². The van der Waals surface area contributed by atoms with Crippen LogP contribution in [0.2, 0.25) is 0 Å². The van der Waals surface area contributed by atoms with Crippen LogP contribution in [0, 0.1) is 11.7 Å². The number of fused-ring (bicyclic) bond motifs is 1. The number of ketones is 2. The van der Waals surface area contributed by atoms with E-state index in [1.807, 2.05) is 0 Å². The van der Waals surface area contributed by atoms with Gasteiger partial charge in [-0.15, -0.1) is 0 Å². The van der Waals surface area contributed by atoms with Crippen molar-refractivity contribution in [1.29, 1.82) is 0 Å². The Bertz CT molecular complexity index is 505. The Balaban J connectivity index is 2.39. The summed E-state index contributed by atoms with van der Waals surface area (Å²) in [6, 6.07) is 3.50. The lowest BCUT2D eigenvalue weighted by Crippen LogP contribution is -2.33. The van der Waals surface area contributed by atoms with Gasteiger partial charge in [0, 0.05) is 5.56 Å². The summed E-state index contributed by atoms with van der Waals surface area (Å²) in [7, 11) is 0. The number of carbonyl (C=O) groups is 2. The molecule has 17 heavy (non-hydrogen) atoms. The molecule has 2 rings (SSSR count). The molecule has 1 aromatic carbocycles. The average Bonchev–Trinajstić information content (AvgIpc) is 2.56. The summed E-state index contributed by atoms with van der Waals surface area (Å²) in [4.78, 5) is 22.5. The molecule has 90 valence electrons. The highest BCUT2D eigenvalue weighted by molar-refractivity contribution is 6.15. The van der Waals surface area contributed by atoms with Crippen molar-refractivity contribution in [3.63, 3.8) is 0 Å². The molecule has 6 heteroatoms. The molecule has 1 aromatic rings. The predicted octanol–water partition coefficient (Wildman–Crippen LogP) is 2.31. The van der Waals surface area contributed by atoms with Crippen LogP contribution >= 0.6 is 0 Å². The van der Waals surface area contributed by atoms with E-state index in [1.165, 1.54) is 12.1 Å². The van der Waals surface area contributed by atoms with Crippen molar-refractivity contribution >= 4 is 11.6 Å². The van der Waals surface area contributed by atoms with Gasteiger partial charge in [0.15, 0.2) is 5.78 Å². The second-order valence-electron chi connectivity index (χ2n) is 3.75. The van der Waals surface area contributed by atoms with E-state index in [0.29, 0.717) is 0 Å². The van der Waals surface area contributed by atoms with E-state index in [9.17, 15) is 27.2 Å². The van der Waals surface area contributed by atoms with Crippen molar-refractivity contribution < 1.29 is 27.2 Å². The molecule has 0 heterocycles. The van der Waals surface area contributed by atoms with Gasteiger partial charge in [-0.05, 0) is 18.1 Å². The maximum Gasteiger partial charge on any atom is 0.450 e. The van der Waals surface area contributed by atoms with Crippen LogP contribution in [0.1, 0.15) is 15.9 Å². The molecule has 1 unspecified atom stereocenters. The summed E-state index contributed by atoms with van der Waals surface area (Å²) in [5.41, 5.74) is -0.243. The number of alkyl halides is 3. The first-order valence-electron chi connectivity index (χ1n) is 4.75. The molecule has 0 N–H and O–H groups in total. The quantitative estimate of drug-likeness (QED) is 0.563. The molecule has 1 atom stereocenters. The van der Waals surface area contributed by atoms with Gasteiger partial charge in [0.05, 0.1) is 5.92 Å². The largest absolute Gasteiger partial charge is 0.450 e. The van der Waals surface area contributed by atoms with Crippen molar-refractivity contribution in [3.05, 3.63) is 35.1 Å². The van der Waals surface area contributed by atoms with E-state index >= 15 is 0 Å². The molecule has 0 bridgehead atoms. The highest BCUT2D eigenvalue weighted by Gasteiger charge is 2.49. The number of carbonyl (C=O) groups excluding carboxylic acids is 2. The van der Waals surface area contributed by atoms with E-state index in [-0.39, 0.29) is 11.1 Å². The summed E-state index contributed by atoms with van der Waals surface area (Å²) in [6.45, 7) is 0. The van der Waals surface area contributed by atoms with Crippen LogP contribution in [0.3, 0.4) is 0 Å². The molecule has 0 radical (unpaired) electrons. The molecule has 1 aliphatic rings. The van der Waals surface area contributed by atoms with Crippen molar-refractivity contribution in [2.75, 3.05) is 0 Å². The molecule has 0 fully saturated rings. The van der Waals surface area contributed by atoms with Gasteiger partial charge in [0.2, 0.25) is 5.78 Å². The Morgan fingerprint density at radius 3 is 2.47 bits per heavy atom. The highest BCUT2D eigenvalue weighted by atomic mass is 19.4. The van der Waals surface area contributed by atoms with Gasteiger partial charge in [0.1, 0.15) is 5.82 Å². The van der Waals surface area contributed by atoms with Crippen LogP contribution in [0.15, 0.2) is 18.2 Å². The first-order chi connectivity index (χ1) is 7.82. The topological polar surface area (TPSA) is 34.1 Å². The number of Topliss-reactive ketones (excluding diaryl/α,β-unsaturated/α-hetero) is 2. The fourth-order valence-corrected chi connectivity index (χ4v) is 1.89. The van der Waals surface area contributed by atoms with E-state index < -0.39 is 35.9 Å². The molecule has 0 saturated carbocycles. The zero-order valence-corrected chi connectivity index (χ0v) is 8.34. The third kappa shape index (κ3) is 1.83. The van der Waals surface area contributed by atoms with E-state index in [0.717, 1.165) is 6.07 Å². The molecular formula is C11H6F4O2. The van der Waals surface area contributed by atoms with Crippen LogP contribution in [0.5, 0.6) is 0 Å². The lowest BCUT2D eigenvalue weighted by molar-refractivity contribution is -0.173. The van der Waals surface area contributed by atoms with Gasteiger partial charge in [-0.3, -0.25) is 9.59 Å². The average molecular weight is 246 g/mol. The second-order valence-corrected chi connectivity index (χ2v) is 3.75. The first kappa shape index (κ1) is 11.8. The minimum absolute atomic E-state index is 0.111. The summed E-state index contributed by atoms with van der Waals surface area (Å²) < 4.78 is 49.9. The molecule has 0 amide bonds. The molecular weight excluding hydrogens is 240 g/mol. The lowest BCUT2D eigenvalue weighted by Gasteiger charge is -2.09. The SMILES string of the molecule is O=C1c2cccc(F)c2CC1C(=O)C(F)(F)F. The zero-order valence-electron chi connectivity index (χ0n) is 8.34. The molecule has 0 aromatic heterocycles. The van der Waals surface area contributed by atoms with Crippen molar-refractivity contribution in [2.45, 2.75) is 12.6 Å². The maximum atomic E-state index is 13.3. The fraction of sp³-hybridized carbons (Fsp3) is 0.273. The monoisotopic (exact) mass is 246 g/mol. The van der Waals surface area contributed by atoms with Gasteiger partial charge in [-0.25, -0.2) is 4.39 Å². The Hall–Kier alpha value is -1.72. The van der Waals surface area contributed by atoms with Gasteiger partial charge in [-0.2, -0.15) is 13.2 Å². The van der Waals surface area contributed by atoms with E-state index in [1.54, 1.807) is 0 Å². The van der Waals surface area contributed by atoms with Crippen molar-refractivity contribution in [3.8, 4) is 0 Å². The highest BCUT2D eigenvalue weighted by Crippen LogP contribution is 2.33. The van der Waals surface area contributed by atoms with Gasteiger partial charge in [-0.1, -0.05) is 12.1 Å². The minimum Gasteiger partial charge on any atom is -0.293 e. The van der Waals surface area contributed by atoms with Gasteiger partial charge in [0.25, 0.3) is 0 Å². The lowest BCUT2D eigenvalue weighted by atomic mass is 9.99. The van der Waals surface area contributed by atoms with E-state index in [4.69, 9.17) is 0 Å². The summed E-state index contributed by atoms with van der Waals surface area (Å²) in [5, 5.41) is 0. The van der Waals surface area contributed by atoms with Crippen LogP contribution < -0.4 is 0 Å². The second kappa shape index (κ2) is 3.65. The summed E-state index contributed by atoms with van der Waals surface area (Å²) in [6.07, 6.45) is -5.59. The Kier molecular flexibility index (Phi) is 2.52. The zero-order chi connectivity index (χ0) is 12.8. The number of hydrogen-bond donors (Lipinski definition) is 0. The van der Waals surface area contributed by atoms with Crippen LogP contribution in [-0.4, -0.2) is 17.7 Å². The Morgan fingerprint density at radius 1 is 1.29 bits per heavy atom. The molecule has 0 aliphatic heterocycles.